The van der Waals surface area contributed by atoms with Gasteiger partial charge < -0.3 is 44.0 Å². The highest BCUT2D eigenvalue weighted by molar-refractivity contribution is 8.32. The van der Waals surface area contributed by atoms with Crippen LogP contribution in [0.2, 0.25) is 0 Å². The van der Waals surface area contributed by atoms with E-state index in [4.69, 9.17) is 40.3 Å². The molecule has 0 aliphatic heterocycles. The second-order valence-electron chi connectivity index (χ2n) is 1.63. The van der Waals surface area contributed by atoms with Gasteiger partial charge in [0.2, 0.25) is 0 Å². The summed E-state index contributed by atoms with van der Waals surface area (Å²) in [4.78, 5) is 0. The van der Waals surface area contributed by atoms with Gasteiger partial charge in [0.05, 0.1) is 0 Å². The number of rotatable bonds is 3. The number of hydrogen-bond donors (Lipinski definition) is 0. The van der Waals surface area contributed by atoms with Crippen LogP contribution in [0.5, 0.6) is 0 Å². The van der Waals surface area contributed by atoms with Gasteiger partial charge in [-0.25, -0.2) is 0 Å². The van der Waals surface area contributed by atoms with Crippen molar-refractivity contribution in [2.75, 3.05) is 0 Å². The van der Waals surface area contributed by atoms with E-state index >= 15 is 0 Å². The van der Waals surface area contributed by atoms with Crippen LogP contribution in [0.1, 0.15) is 101 Å². The van der Waals surface area contributed by atoms with Gasteiger partial charge in [-0.15, -0.1) is 4.33 Å². The zero-order chi connectivity index (χ0) is 17.2. The lowest BCUT2D eigenvalue weighted by molar-refractivity contribution is -0.781. The van der Waals surface area contributed by atoms with Crippen LogP contribution < -0.4 is 10.5 Å². The van der Waals surface area contributed by atoms with Crippen LogP contribution in [0.15, 0.2) is 0 Å². The Balaban J connectivity index is -0.00000000504. The minimum atomic E-state index is -5.17. The minimum Gasteiger partial charge on any atom is -0.759 e. The van der Waals surface area contributed by atoms with Crippen LogP contribution in [0.4, 0.5) is 0 Å². The van der Waals surface area contributed by atoms with Crippen molar-refractivity contribution < 1.29 is 87.1 Å². The van der Waals surface area contributed by atoms with Crippen molar-refractivity contribution in [3.8, 4) is 0 Å². The third-order valence-corrected chi connectivity index (χ3v) is 2.42. The average molecular weight is 638 g/mol. The molecule has 0 saturated heterocycles. The van der Waals surface area contributed by atoms with Crippen LogP contribution in [0, 0.1) is 0 Å². The molecule has 0 aromatic rings. The summed E-state index contributed by atoms with van der Waals surface area (Å²) in [5.74, 6) is 0. The molecule has 0 bridgehead atoms. The van der Waals surface area contributed by atoms with E-state index in [-0.39, 0.29) is 112 Å². The fourth-order valence-corrected chi connectivity index (χ4v) is 0.612. The Hall–Kier alpha value is -0.570. The van der Waals surface area contributed by atoms with Crippen molar-refractivity contribution in [1.29, 1.82) is 0 Å². The molecule has 0 radical (unpaired) electrons. The van der Waals surface area contributed by atoms with E-state index in [1.165, 1.54) is 0 Å². The van der Waals surface area contributed by atoms with Gasteiger partial charge in [0, 0.05) is 25.1 Å². The molecular weight excluding hydrogens is 572 g/mol. The van der Waals surface area contributed by atoms with Gasteiger partial charge in [0.15, 0.2) is 0 Å². The first kappa shape index (κ1) is 143. The maximum Gasteiger partial charge on any atom is 0.336 e. The van der Waals surface area contributed by atoms with Gasteiger partial charge in [-0.3, -0.25) is 21.9 Å². The quantitative estimate of drug-likeness (QED) is 0.181. The predicted molar refractivity (Wildman–Crippen MR) is 142 cm³/mol. The van der Waals surface area contributed by atoms with Gasteiger partial charge in [-0.2, -0.15) is 12.6 Å². The molecule has 35 heavy (non-hydrogen) atoms. The molecule has 1 atom stereocenters. The van der Waals surface area contributed by atoms with E-state index in [1.54, 1.807) is 0 Å². The zero-order valence-corrected chi connectivity index (χ0v) is 12.4. The fraction of sp³-hybridized carbons (Fsp3) is 1.00. The molecule has 4 N–H and O–H groups in total. The predicted octanol–water partition coefficient (Wildman–Crippen LogP) is 1.09. The average Bonchev–Trinajstić information content (AvgIpc) is 2.12. The van der Waals surface area contributed by atoms with Crippen molar-refractivity contribution in [3.05, 3.63) is 0 Å². The molecule has 0 aromatic heterocycles. The molecule has 0 aromatic carbocycles. The first-order valence-electron chi connectivity index (χ1n) is 2.83. The standard InChI is InChI=1S/13CH4.H2O8S2.2H2O4S.2H2O.3H2/c;;;;;;;;;;;;;1-6-8-10(5,7-2)9(3)4;2*1-5(2,3)4;;;;;/h13*1H4;1-2H;2*(H2,1,2,3,4);2*1H2;3*1H/p-6/i;;;;;;;;;;;;;;;;;;3*1+1. The Labute approximate surface area is 222 Å². The molecule has 252 valence electrons. The molecule has 0 amide bonds. The third-order valence-electron chi connectivity index (χ3n) is 0.361. The van der Waals surface area contributed by atoms with E-state index in [2.05, 4.69) is 13.7 Å². The normalized spacial score (nSPS) is 7.94. The lowest BCUT2D eigenvalue weighted by Gasteiger charge is -2.09. The highest BCUT2D eigenvalue weighted by atomic mass is 32.9. The molecular formula is C13H62O18S4-6. The molecule has 1 unspecified atom stereocenters. The van der Waals surface area contributed by atoms with Crippen molar-refractivity contribution in [1.82, 2.24) is 0 Å². The summed E-state index contributed by atoms with van der Waals surface area (Å²) in [6.07, 6.45) is 0. The van der Waals surface area contributed by atoms with E-state index in [1.807, 2.05) is 0 Å². The van der Waals surface area contributed by atoms with Crippen molar-refractivity contribution in [2.24, 2.45) is 0 Å². The summed E-state index contributed by atoms with van der Waals surface area (Å²) in [5.41, 5.74) is 0. The molecule has 0 aliphatic carbocycles. The van der Waals surface area contributed by atoms with E-state index < -0.39 is 39.1 Å². The van der Waals surface area contributed by atoms with Gasteiger partial charge >= 0.3 is 18.3 Å². The van der Waals surface area contributed by atoms with Gasteiger partial charge in [-0.05, 0) is 0 Å². The Morgan fingerprint density at radius 1 is 0.514 bits per heavy atom. The molecule has 0 rings (SSSR count). The summed E-state index contributed by atoms with van der Waals surface area (Å²) < 4.78 is 103. The molecule has 0 saturated carbocycles. The zero-order valence-electron chi connectivity index (χ0n) is 9.16. The minimum absolute atomic E-state index is 0. The topological polar surface area (TPSA) is 349 Å². The Bertz CT molecular complexity index is 654. The molecule has 0 spiro atoms. The largest absolute Gasteiger partial charge is 0.759 e. The van der Waals surface area contributed by atoms with Gasteiger partial charge in [0.1, 0.15) is 0 Å². The number of hydrogen-bond acceptors (Lipinski definition) is 16. The van der Waals surface area contributed by atoms with Crippen LogP contribution in [-0.4, -0.2) is 58.6 Å². The van der Waals surface area contributed by atoms with Gasteiger partial charge in [-0.1, -0.05) is 96.5 Å². The van der Waals surface area contributed by atoms with Crippen LogP contribution in [0.25, 0.3) is 0 Å². The summed E-state index contributed by atoms with van der Waals surface area (Å²) in [5, 5.41) is 20.7. The maximum absolute atomic E-state index is 10.2. The van der Waals surface area contributed by atoms with E-state index in [0.717, 1.165) is 0 Å². The Morgan fingerprint density at radius 2 is 0.657 bits per heavy atom. The van der Waals surface area contributed by atoms with Crippen LogP contribution >= 0.6 is 0 Å². The van der Waals surface area contributed by atoms with Crippen LogP contribution in [0.3, 0.4) is 0 Å². The highest BCUT2D eigenvalue weighted by Crippen LogP contribution is 1.91. The third kappa shape index (κ3) is 214. The summed E-state index contributed by atoms with van der Waals surface area (Å²) >= 11 is 0. The fourth-order valence-electron chi connectivity index (χ4n) is 0.0907. The first-order chi connectivity index (χ1) is 8.56. The molecule has 0 aliphatic rings. The van der Waals surface area contributed by atoms with Crippen molar-refractivity contribution >= 4 is 39.1 Å². The summed E-state index contributed by atoms with van der Waals surface area (Å²) in [6, 6.07) is 0. The first-order valence-corrected chi connectivity index (χ1v) is 8.50. The Morgan fingerprint density at radius 3 is 0.686 bits per heavy atom. The van der Waals surface area contributed by atoms with Crippen LogP contribution in [-0.2, 0) is 52.8 Å². The second kappa shape index (κ2) is 64.0. The van der Waals surface area contributed by atoms with Crippen molar-refractivity contribution in [3.63, 3.8) is 0 Å². The summed E-state index contributed by atoms with van der Waals surface area (Å²) in [6.45, 7) is 0. The Kier molecular flexibility index (Phi) is 261. The molecule has 0 heterocycles. The molecule has 0 fully saturated rings. The SMILES string of the molecule is C.C.C.C.C.C.C.C.C.C.C.C.C.O.O.O=S(=O)([O-])[O-].O=S(=O)([O-])[O-].O=S(=O)=S(=O)(O[O-])OO[O-].[2HH].[2HH].[2HH]. The van der Waals surface area contributed by atoms with E-state index in [0.29, 0.717) is 0 Å². The molecule has 22 heteroatoms. The molecule has 18 nitrogen and oxygen atoms in total. The second-order valence-corrected chi connectivity index (χ2v) is 6.80. The monoisotopic (exact) mass is 637 g/mol. The highest BCUT2D eigenvalue weighted by Gasteiger charge is 2.05. The summed E-state index contributed by atoms with van der Waals surface area (Å²) in [7, 11) is -18.5. The maximum atomic E-state index is 10.2. The van der Waals surface area contributed by atoms with Crippen molar-refractivity contribution in [2.45, 2.75) is 96.5 Å². The lowest BCUT2D eigenvalue weighted by Crippen LogP contribution is -2.21. The van der Waals surface area contributed by atoms with E-state index in [9.17, 15) is 17.9 Å². The smallest absolute Gasteiger partial charge is 0.336 e. The lowest BCUT2D eigenvalue weighted by atomic mass is 12.0. The van der Waals surface area contributed by atoms with Gasteiger partial charge in [0.25, 0.3) is 0 Å².